The van der Waals surface area contributed by atoms with Crippen molar-refractivity contribution in [2.24, 2.45) is 5.73 Å². The Morgan fingerprint density at radius 1 is 1.10 bits per heavy atom. The van der Waals surface area contributed by atoms with Gasteiger partial charge < -0.3 is 20.3 Å². The van der Waals surface area contributed by atoms with Gasteiger partial charge in [0.2, 0.25) is 6.79 Å². The van der Waals surface area contributed by atoms with Gasteiger partial charge in [0.15, 0.2) is 11.5 Å². The highest BCUT2D eigenvalue weighted by Crippen LogP contribution is 2.32. The molecule has 116 valence electrons. The highest BCUT2D eigenvalue weighted by molar-refractivity contribution is 5.44. The number of nitrogens with zero attached hydrogens (tertiary/aromatic N) is 2. The van der Waals surface area contributed by atoms with E-state index >= 15 is 0 Å². The number of aliphatic hydroxyl groups excluding tert-OH is 1. The number of nitrogens with two attached hydrogens (primary N) is 1. The Bertz CT molecular complexity index is 475. The molecule has 3 N–H and O–H groups in total. The lowest BCUT2D eigenvalue weighted by Crippen LogP contribution is -2.49. The lowest BCUT2D eigenvalue weighted by molar-refractivity contribution is 0.0739. The van der Waals surface area contributed by atoms with Crippen molar-refractivity contribution in [3.8, 4) is 11.5 Å². The van der Waals surface area contributed by atoms with Crippen molar-refractivity contribution >= 4 is 0 Å². The Labute approximate surface area is 125 Å². The highest BCUT2D eigenvalue weighted by Gasteiger charge is 2.20. The molecule has 0 bridgehead atoms. The molecule has 0 spiro atoms. The van der Waals surface area contributed by atoms with Crippen molar-refractivity contribution in [3.63, 3.8) is 0 Å². The van der Waals surface area contributed by atoms with Gasteiger partial charge in [0.1, 0.15) is 0 Å². The van der Waals surface area contributed by atoms with E-state index in [1.165, 1.54) is 5.56 Å². The molecule has 2 aliphatic heterocycles. The van der Waals surface area contributed by atoms with Gasteiger partial charge in [0, 0.05) is 45.8 Å². The first-order valence-electron chi connectivity index (χ1n) is 7.46. The van der Waals surface area contributed by atoms with E-state index in [1.54, 1.807) is 0 Å². The Hall–Kier alpha value is -1.34. The average Bonchev–Trinajstić information content (AvgIpc) is 2.96. The zero-order valence-corrected chi connectivity index (χ0v) is 12.2. The topological polar surface area (TPSA) is 71.2 Å². The van der Waals surface area contributed by atoms with E-state index < -0.39 is 6.10 Å². The average molecular weight is 293 g/mol. The van der Waals surface area contributed by atoms with E-state index in [9.17, 15) is 5.11 Å². The number of hydrogen-bond acceptors (Lipinski definition) is 6. The molecule has 0 aromatic heterocycles. The molecule has 2 aliphatic rings. The van der Waals surface area contributed by atoms with Crippen LogP contribution in [0, 0.1) is 0 Å². The molecule has 1 aromatic carbocycles. The molecular weight excluding hydrogens is 270 g/mol. The zero-order valence-electron chi connectivity index (χ0n) is 12.2. The third-order valence-electron chi connectivity index (χ3n) is 4.05. The van der Waals surface area contributed by atoms with Gasteiger partial charge in [-0.1, -0.05) is 6.07 Å². The summed E-state index contributed by atoms with van der Waals surface area (Å²) in [7, 11) is 0. The molecule has 1 atom stereocenters. The van der Waals surface area contributed by atoms with E-state index in [2.05, 4.69) is 21.9 Å². The van der Waals surface area contributed by atoms with Gasteiger partial charge in [0.05, 0.1) is 6.10 Å². The van der Waals surface area contributed by atoms with E-state index in [-0.39, 0.29) is 0 Å². The SMILES string of the molecule is NCC(O)CN1CCN(Cc2ccc3c(c2)OCO3)CC1. The minimum atomic E-state index is -0.412. The van der Waals surface area contributed by atoms with Gasteiger partial charge in [-0.2, -0.15) is 0 Å². The molecule has 0 saturated carbocycles. The third kappa shape index (κ3) is 3.65. The van der Waals surface area contributed by atoms with Crippen LogP contribution in [0.3, 0.4) is 0 Å². The second-order valence-corrected chi connectivity index (χ2v) is 5.65. The quantitative estimate of drug-likeness (QED) is 0.787. The highest BCUT2D eigenvalue weighted by atomic mass is 16.7. The summed E-state index contributed by atoms with van der Waals surface area (Å²) in [6.07, 6.45) is -0.412. The number of hydrogen-bond donors (Lipinski definition) is 2. The van der Waals surface area contributed by atoms with Crippen LogP contribution in [0.15, 0.2) is 18.2 Å². The van der Waals surface area contributed by atoms with Crippen LogP contribution in [0.1, 0.15) is 5.56 Å². The lowest BCUT2D eigenvalue weighted by atomic mass is 10.1. The molecule has 6 nitrogen and oxygen atoms in total. The summed E-state index contributed by atoms with van der Waals surface area (Å²) in [6, 6.07) is 6.14. The summed E-state index contributed by atoms with van der Waals surface area (Å²) >= 11 is 0. The maximum absolute atomic E-state index is 9.59. The van der Waals surface area contributed by atoms with E-state index in [0.29, 0.717) is 19.9 Å². The van der Waals surface area contributed by atoms with E-state index in [4.69, 9.17) is 15.2 Å². The number of β-amino-alcohol motifs (C(OH)–C–C–N with tert-alkyl or cyclic N) is 1. The first kappa shape index (κ1) is 14.6. The van der Waals surface area contributed by atoms with Gasteiger partial charge in [-0.15, -0.1) is 0 Å². The van der Waals surface area contributed by atoms with Gasteiger partial charge in [-0.3, -0.25) is 9.80 Å². The Balaban J connectivity index is 1.49. The Morgan fingerprint density at radius 3 is 2.57 bits per heavy atom. The summed E-state index contributed by atoms with van der Waals surface area (Å²) in [5.74, 6) is 1.68. The van der Waals surface area contributed by atoms with Crippen LogP contribution in [-0.2, 0) is 6.54 Å². The van der Waals surface area contributed by atoms with Crippen LogP contribution >= 0.6 is 0 Å². The number of ether oxygens (including phenoxy) is 2. The molecule has 0 amide bonds. The molecule has 1 saturated heterocycles. The maximum Gasteiger partial charge on any atom is 0.231 e. The summed E-state index contributed by atoms with van der Waals surface area (Å²) in [4.78, 5) is 4.69. The number of fused-ring (bicyclic) bond motifs is 1. The molecule has 0 radical (unpaired) electrons. The largest absolute Gasteiger partial charge is 0.454 e. The number of piperazine rings is 1. The second kappa shape index (κ2) is 6.62. The predicted molar refractivity (Wildman–Crippen MR) is 79.3 cm³/mol. The molecule has 1 unspecified atom stereocenters. The van der Waals surface area contributed by atoms with Crippen LogP contribution in [0.25, 0.3) is 0 Å². The maximum atomic E-state index is 9.59. The molecule has 21 heavy (non-hydrogen) atoms. The fraction of sp³-hybridized carbons (Fsp3) is 0.600. The monoisotopic (exact) mass is 293 g/mol. The number of rotatable bonds is 5. The van der Waals surface area contributed by atoms with Crippen molar-refractivity contribution in [3.05, 3.63) is 23.8 Å². The Kier molecular flexibility index (Phi) is 4.60. The molecule has 2 heterocycles. The summed E-state index contributed by atoms with van der Waals surface area (Å²) in [6.45, 7) is 6.21. The first-order chi connectivity index (χ1) is 10.2. The van der Waals surface area contributed by atoms with Gasteiger partial charge >= 0.3 is 0 Å². The molecule has 1 fully saturated rings. The molecule has 1 aromatic rings. The van der Waals surface area contributed by atoms with Crippen LogP contribution in [0.2, 0.25) is 0 Å². The number of benzene rings is 1. The minimum absolute atomic E-state index is 0.320. The first-order valence-corrected chi connectivity index (χ1v) is 7.46. The normalized spacial score (nSPS) is 20.7. The fourth-order valence-electron chi connectivity index (χ4n) is 2.80. The summed E-state index contributed by atoms with van der Waals surface area (Å²) in [5, 5.41) is 9.59. The Morgan fingerprint density at radius 2 is 1.81 bits per heavy atom. The predicted octanol–water partition coefficient (Wildman–Crippen LogP) is -0.147. The summed E-state index contributed by atoms with van der Waals surface area (Å²) < 4.78 is 10.7. The molecule has 0 aliphatic carbocycles. The second-order valence-electron chi connectivity index (χ2n) is 5.65. The van der Waals surface area contributed by atoms with Crippen molar-refractivity contribution in [2.75, 3.05) is 46.1 Å². The van der Waals surface area contributed by atoms with E-state index in [1.807, 2.05) is 6.07 Å². The zero-order chi connectivity index (χ0) is 14.7. The van der Waals surface area contributed by atoms with Gasteiger partial charge in [-0.05, 0) is 17.7 Å². The third-order valence-corrected chi connectivity index (χ3v) is 4.05. The van der Waals surface area contributed by atoms with Crippen molar-refractivity contribution in [1.82, 2.24) is 9.80 Å². The van der Waals surface area contributed by atoms with Crippen LogP contribution < -0.4 is 15.2 Å². The van der Waals surface area contributed by atoms with Crippen molar-refractivity contribution in [1.29, 1.82) is 0 Å². The van der Waals surface area contributed by atoms with Crippen molar-refractivity contribution < 1.29 is 14.6 Å². The van der Waals surface area contributed by atoms with Crippen LogP contribution in [-0.4, -0.2) is 67.1 Å². The van der Waals surface area contributed by atoms with Crippen LogP contribution in [0.5, 0.6) is 11.5 Å². The van der Waals surface area contributed by atoms with Gasteiger partial charge in [-0.25, -0.2) is 0 Å². The van der Waals surface area contributed by atoms with Crippen molar-refractivity contribution in [2.45, 2.75) is 12.6 Å². The smallest absolute Gasteiger partial charge is 0.231 e. The molecule has 3 rings (SSSR count). The molecular formula is C15H23N3O3. The fourth-order valence-corrected chi connectivity index (χ4v) is 2.80. The number of aliphatic hydroxyl groups is 1. The van der Waals surface area contributed by atoms with E-state index in [0.717, 1.165) is 44.2 Å². The van der Waals surface area contributed by atoms with Crippen LogP contribution in [0.4, 0.5) is 0 Å². The molecule has 6 heteroatoms. The minimum Gasteiger partial charge on any atom is -0.454 e. The van der Waals surface area contributed by atoms with Gasteiger partial charge in [0.25, 0.3) is 0 Å². The summed E-state index contributed by atoms with van der Waals surface area (Å²) in [5.41, 5.74) is 6.70. The lowest BCUT2D eigenvalue weighted by Gasteiger charge is -2.35. The standard InChI is InChI=1S/C15H23N3O3/c16-8-13(19)10-18-5-3-17(4-6-18)9-12-1-2-14-15(7-12)21-11-20-14/h1-2,7,13,19H,3-6,8-11,16H2.